The van der Waals surface area contributed by atoms with Gasteiger partial charge in [-0.15, -0.1) is 10.2 Å². The number of nitrogens with zero attached hydrogens (tertiary/aromatic N) is 7. The van der Waals surface area contributed by atoms with E-state index < -0.39 is 0 Å². The van der Waals surface area contributed by atoms with Crippen LogP contribution < -0.4 is 10.6 Å². The van der Waals surface area contributed by atoms with Gasteiger partial charge in [-0.2, -0.15) is 0 Å². The van der Waals surface area contributed by atoms with Crippen LogP contribution in [0.2, 0.25) is 0 Å². The first kappa shape index (κ1) is 17.5. The van der Waals surface area contributed by atoms with E-state index in [1.54, 1.807) is 12.4 Å². The molecular weight excluding hydrogens is 340 g/mol. The molecule has 3 aromatic rings. The Labute approximate surface area is 158 Å². The number of aromatic nitrogens is 6. The number of nitrogens with two attached hydrogens (primary N) is 1. The van der Waals surface area contributed by atoms with Crippen molar-refractivity contribution in [2.24, 2.45) is 5.73 Å². The summed E-state index contributed by atoms with van der Waals surface area (Å²) < 4.78 is 2.07. The van der Waals surface area contributed by atoms with E-state index in [0.29, 0.717) is 12.4 Å². The van der Waals surface area contributed by atoms with Gasteiger partial charge in [0.2, 0.25) is 0 Å². The fourth-order valence-electron chi connectivity index (χ4n) is 3.80. The molecule has 0 spiro atoms. The van der Waals surface area contributed by atoms with Gasteiger partial charge in [-0.25, -0.2) is 9.97 Å². The molecule has 8 heteroatoms. The van der Waals surface area contributed by atoms with Crippen LogP contribution in [0.4, 0.5) is 5.82 Å². The maximum Gasteiger partial charge on any atom is 0.162 e. The first-order chi connectivity index (χ1) is 13.1. The van der Waals surface area contributed by atoms with Crippen LogP contribution in [0.15, 0.2) is 24.7 Å². The van der Waals surface area contributed by atoms with Crippen molar-refractivity contribution >= 4 is 5.82 Å². The standard InChI is InChI=1S/C19H24N8/c1-5-15-19-25-24-12(4)27(19)16-10-22-17(23-18(16)26(15)11(2)3)14-6-7-21-9-13(14)8-20/h6-7,9-11,15H,5,8,20H2,1-4H3. The molecule has 1 unspecified atom stereocenters. The van der Waals surface area contributed by atoms with Crippen LogP contribution in [0.3, 0.4) is 0 Å². The Bertz CT molecular complexity index is 978. The number of anilines is 1. The third-order valence-electron chi connectivity index (χ3n) is 5.03. The van der Waals surface area contributed by atoms with Gasteiger partial charge in [0.15, 0.2) is 17.5 Å². The zero-order valence-electron chi connectivity index (χ0n) is 16.1. The molecule has 2 N–H and O–H groups in total. The van der Waals surface area contributed by atoms with Gasteiger partial charge in [0, 0.05) is 30.5 Å². The van der Waals surface area contributed by atoms with Crippen molar-refractivity contribution in [2.75, 3.05) is 4.90 Å². The number of hydrogen-bond acceptors (Lipinski definition) is 7. The van der Waals surface area contributed by atoms with Crippen LogP contribution in [0, 0.1) is 6.92 Å². The van der Waals surface area contributed by atoms with E-state index in [1.165, 1.54) is 0 Å². The number of aryl methyl sites for hydroxylation is 1. The Balaban J connectivity index is 1.95. The van der Waals surface area contributed by atoms with E-state index >= 15 is 0 Å². The van der Waals surface area contributed by atoms with Crippen molar-refractivity contribution in [2.45, 2.75) is 52.7 Å². The van der Waals surface area contributed by atoms with Crippen LogP contribution >= 0.6 is 0 Å². The van der Waals surface area contributed by atoms with E-state index in [1.807, 2.05) is 19.2 Å². The molecule has 0 bridgehead atoms. The summed E-state index contributed by atoms with van der Waals surface area (Å²) in [5, 5.41) is 8.74. The largest absolute Gasteiger partial charge is 0.342 e. The third-order valence-corrected chi connectivity index (χ3v) is 5.03. The van der Waals surface area contributed by atoms with Crippen molar-refractivity contribution in [1.82, 2.24) is 29.7 Å². The number of pyridine rings is 1. The molecule has 0 saturated heterocycles. The second kappa shape index (κ2) is 6.70. The summed E-state index contributed by atoms with van der Waals surface area (Å²) >= 11 is 0. The lowest BCUT2D eigenvalue weighted by molar-refractivity contribution is 0.496. The predicted molar refractivity (Wildman–Crippen MR) is 103 cm³/mol. The summed E-state index contributed by atoms with van der Waals surface area (Å²) in [5.74, 6) is 3.35. The molecule has 4 rings (SSSR count). The molecule has 3 aromatic heterocycles. The average Bonchev–Trinajstić information content (AvgIpc) is 3.07. The van der Waals surface area contributed by atoms with Crippen LogP contribution in [0.1, 0.15) is 50.4 Å². The van der Waals surface area contributed by atoms with Crippen molar-refractivity contribution in [3.05, 3.63) is 41.9 Å². The van der Waals surface area contributed by atoms with Gasteiger partial charge < -0.3 is 10.6 Å². The minimum absolute atomic E-state index is 0.118. The summed E-state index contributed by atoms with van der Waals surface area (Å²) in [6.45, 7) is 8.86. The second-order valence-corrected chi connectivity index (χ2v) is 7.01. The molecule has 0 radical (unpaired) electrons. The maximum atomic E-state index is 5.89. The fourth-order valence-corrected chi connectivity index (χ4v) is 3.80. The maximum absolute atomic E-state index is 5.89. The minimum atomic E-state index is 0.118. The number of hydrogen-bond donors (Lipinski definition) is 1. The van der Waals surface area contributed by atoms with Gasteiger partial charge in [-0.05, 0) is 38.8 Å². The highest BCUT2D eigenvalue weighted by atomic mass is 15.4. The smallest absolute Gasteiger partial charge is 0.162 e. The van der Waals surface area contributed by atoms with Crippen LogP contribution in [-0.2, 0) is 6.54 Å². The van der Waals surface area contributed by atoms with E-state index in [4.69, 9.17) is 10.7 Å². The van der Waals surface area contributed by atoms with Crippen molar-refractivity contribution in [3.8, 4) is 17.1 Å². The molecule has 140 valence electrons. The van der Waals surface area contributed by atoms with Gasteiger partial charge in [-0.1, -0.05) is 6.92 Å². The van der Waals surface area contributed by atoms with Gasteiger partial charge in [0.05, 0.1) is 12.2 Å². The lowest BCUT2D eigenvalue weighted by Crippen LogP contribution is -2.40. The molecule has 1 aliphatic rings. The SMILES string of the molecule is CCC1c2nnc(C)n2-c2cnc(-c3ccncc3CN)nc2N1C(C)C. The molecule has 1 aliphatic heterocycles. The Kier molecular flexibility index (Phi) is 4.35. The highest BCUT2D eigenvalue weighted by Gasteiger charge is 2.36. The molecule has 27 heavy (non-hydrogen) atoms. The first-order valence-corrected chi connectivity index (χ1v) is 9.27. The molecule has 0 aromatic carbocycles. The molecular formula is C19H24N8. The Morgan fingerprint density at radius 2 is 2.04 bits per heavy atom. The van der Waals surface area contributed by atoms with Crippen molar-refractivity contribution in [3.63, 3.8) is 0 Å². The molecule has 0 saturated carbocycles. The normalized spacial score (nSPS) is 15.8. The molecule has 4 heterocycles. The molecule has 8 nitrogen and oxygen atoms in total. The van der Waals surface area contributed by atoms with Crippen molar-refractivity contribution < 1.29 is 0 Å². The summed E-state index contributed by atoms with van der Waals surface area (Å²) in [4.78, 5) is 16.1. The van der Waals surface area contributed by atoms with Crippen LogP contribution in [0.25, 0.3) is 17.1 Å². The van der Waals surface area contributed by atoms with Crippen LogP contribution in [0.5, 0.6) is 0 Å². The highest BCUT2D eigenvalue weighted by molar-refractivity contribution is 5.68. The van der Waals surface area contributed by atoms with Gasteiger partial charge >= 0.3 is 0 Å². The zero-order chi connectivity index (χ0) is 19.1. The third kappa shape index (κ3) is 2.68. The van der Waals surface area contributed by atoms with E-state index in [2.05, 4.69) is 50.4 Å². The first-order valence-electron chi connectivity index (χ1n) is 9.27. The van der Waals surface area contributed by atoms with Gasteiger partial charge in [-0.3, -0.25) is 9.55 Å². The second-order valence-electron chi connectivity index (χ2n) is 7.01. The lowest BCUT2D eigenvalue weighted by atomic mass is 10.1. The average molecular weight is 364 g/mol. The Morgan fingerprint density at radius 3 is 2.74 bits per heavy atom. The molecule has 1 atom stereocenters. The van der Waals surface area contributed by atoms with Crippen molar-refractivity contribution in [1.29, 1.82) is 0 Å². The lowest BCUT2D eigenvalue weighted by Gasteiger charge is -2.39. The quantitative estimate of drug-likeness (QED) is 0.759. The van der Waals surface area contributed by atoms with Crippen LogP contribution in [-0.4, -0.2) is 35.8 Å². The molecule has 0 fully saturated rings. The highest BCUT2D eigenvalue weighted by Crippen LogP contribution is 2.40. The number of rotatable bonds is 4. The van der Waals surface area contributed by atoms with E-state index in [-0.39, 0.29) is 12.1 Å². The topological polar surface area (TPSA) is 98.6 Å². The fraction of sp³-hybridized carbons (Fsp3) is 0.421. The summed E-state index contributed by atoms with van der Waals surface area (Å²) in [7, 11) is 0. The number of fused-ring (bicyclic) bond motifs is 3. The van der Waals surface area contributed by atoms with Gasteiger partial charge in [0.25, 0.3) is 0 Å². The predicted octanol–water partition coefficient (Wildman–Crippen LogP) is 2.57. The minimum Gasteiger partial charge on any atom is -0.342 e. The zero-order valence-corrected chi connectivity index (χ0v) is 16.1. The summed E-state index contributed by atoms with van der Waals surface area (Å²) in [6.07, 6.45) is 6.29. The summed E-state index contributed by atoms with van der Waals surface area (Å²) in [5.41, 5.74) is 8.65. The summed E-state index contributed by atoms with van der Waals surface area (Å²) in [6, 6.07) is 2.29. The van der Waals surface area contributed by atoms with Gasteiger partial charge in [0.1, 0.15) is 11.5 Å². The Morgan fingerprint density at radius 1 is 1.22 bits per heavy atom. The molecule has 0 amide bonds. The molecule has 0 aliphatic carbocycles. The Hall–Kier alpha value is -2.87. The van der Waals surface area contributed by atoms with E-state index in [9.17, 15) is 0 Å². The monoisotopic (exact) mass is 364 g/mol. The van der Waals surface area contributed by atoms with E-state index in [0.717, 1.165) is 40.7 Å².